The molecular weight excluding hydrogens is 165 g/mol. The summed E-state index contributed by atoms with van der Waals surface area (Å²) < 4.78 is 4.22. The molecule has 0 rings (SSSR count). The molecule has 0 saturated carbocycles. The van der Waals surface area contributed by atoms with Crippen LogP contribution in [0.2, 0.25) is 0 Å². The van der Waals surface area contributed by atoms with Crippen molar-refractivity contribution in [1.82, 2.24) is 0 Å². The lowest BCUT2D eigenvalue weighted by Crippen LogP contribution is -2.26. The van der Waals surface area contributed by atoms with Gasteiger partial charge in [0.1, 0.15) is 0 Å². The van der Waals surface area contributed by atoms with Crippen molar-refractivity contribution in [1.29, 1.82) is 0 Å². The summed E-state index contributed by atoms with van der Waals surface area (Å²) in [6.07, 6.45) is 0. The first-order valence-electron chi connectivity index (χ1n) is 3.37. The Hall–Kier alpha value is 0.270. The van der Waals surface area contributed by atoms with Gasteiger partial charge in [-0.1, -0.05) is 0 Å². The van der Waals surface area contributed by atoms with Crippen LogP contribution in [0, 0.1) is 0 Å². The van der Waals surface area contributed by atoms with E-state index < -0.39 is 8.60 Å². The molecule has 0 spiro atoms. The molecule has 0 fully saturated rings. The first kappa shape index (κ1) is 13.8. The SMILES string of the molecule is CC(C)(C)N.CCOP(O)O. The molecule has 0 aromatic heterocycles. The first-order valence-corrected chi connectivity index (χ1v) is 4.53. The van der Waals surface area contributed by atoms with Gasteiger partial charge in [0.25, 0.3) is 0 Å². The van der Waals surface area contributed by atoms with E-state index in [1.54, 1.807) is 6.92 Å². The third-order valence-electron chi connectivity index (χ3n) is 0.245. The summed E-state index contributed by atoms with van der Waals surface area (Å²) in [4.78, 5) is 15.9. The number of nitrogens with two attached hydrogens (primary N) is 1. The van der Waals surface area contributed by atoms with Crippen molar-refractivity contribution in [3.8, 4) is 0 Å². The molecule has 0 amide bonds. The summed E-state index contributed by atoms with van der Waals surface area (Å²) in [5.74, 6) is 0. The topological polar surface area (TPSA) is 75.7 Å². The van der Waals surface area contributed by atoms with Gasteiger partial charge in [-0.05, 0) is 27.7 Å². The highest BCUT2D eigenvalue weighted by Gasteiger charge is 1.95. The Bertz CT molecular complexity index is 76.4. The number of rotatable bonds is 2. The van der Waals surface area contributed by atoms with E-state index in [1.807, 2.05) is 20.8 Å². The Labute approximate surface area is 69.4 Å². The van der Waals surface area contributed by atoms with Gasteiger partial charge in [0.15, 0.2) is 0 Å². The van der Waals surface area contributed by atoms with Gasteiger partial charge in [-0.3, -0.25) is 0 Å². The molecule has 0 aliphatic heterocycles. The second-order valence-electron chi connectivity index (χ2n) is 3.04. The molecule has 4 nitrogen and oxygen atoms in total. The molecule has 11 heavy (non-hydrogen) atoms. The van der Waals surface area contributed by atoms with E-state index in [0.29, 0.717) is 6.61 Å². The van der Waals surface area contributed by atoms with Crippen LogP contribution in [0.5, 0.6) is 0 Å². The fourth-order valence-electron chi connectivity index (χ4n) is 0.115. The summed E-state index contributed by atoms with van der Waals surface area (Å²) in [5, 5.41) is 0. The Balaban J connectivity index is 0. The van der Waals surface area contributed by atoms with Crippen LogP contribution >= 0.6 is 8.60 Å². The Morgan fingerprint density at radius 2 is 1.64 bits per heavy atom. The zero-order valence-corrected chi connectivity index (χ0v) is 8.43. The normalized spacial score (nSPS) is 10.9. The van der Waals surface area contributed by atoms with Gasteiger partial charge in [-0.25, -0.2) is 0 Å². The van der Waals surface area contributed by atoms with Gasteiger partial charge in [-0.15, -0.1) is 0 Å². The Kier molecular flexibility index (Phi) is 8.74. The molecule has 4 N–H and O–H groups in total. The fraction of sp³-hybridized carbons (Fsp3) is 1.00. The minimum atomic E-state index is -2.10. The van der Waals surface area contributed by atoms with Crippen LogP contribution in [-0.2, 0) is 4.52 Å². The molecule has 0 saturated heterocycles. The van der Waals surface area contributed by atoms with Crippen LogP contribution in [0.3, 0.4) is 0 Å². The van der Waals surface area contributed by atoms with Gasteiger partial charge < -0.3 is 20.0 Å². The van der Waals surface area contributed by atoms with Crippen molar-refractivity contribution < 1.29 is 14.3 Å². The van der Waals surface area contributed by atoms with Gasteiger partial charge in [0.2, 0.25) is 0 Å². The quantitative estimate of drug-likeness (QED) is 0.558. The Morgan fingerprint density at radius 3 is 1.64 bits per heavy atom. The highest BCUT2D eigenvalue weighted by molar-refractivity contribution is 7.39. The molecule has 0 heterocycles. The molecule has 0 aromatic carbocycles. The predicted octanol–water partition coefficient (Wildman–Crippen LogP) is 0.978. The van der Waals surface area contributed by atoms with Crippen molar-refractivity contribution in [2.24, 2.45) is 5.73 Å². The predicted molar refractivity (Wildman–Crippen MR) is 46.9 cm³/mol. The molecule has 0 radical (unpaired) electrons. The zero-order chi connectivity index (χ0) is 9.49. The summed E-state index contributed by atoms with van der Waals surface area (Å²) in [6.45, 7) is 7.95. The Morgan fingerprint density at radius 1 is 1.36 bits per heavy atom. The molecule has 0 aromatic rings. The maximum absolute atomic E-state index is 7.95. The average molecular weight is 183 g/mol. The summed E-state index contributed by atoms with van der Waals surface area (Å²) in [5.41, 5.74) is 5.35. The first-order chi connectivity index (χ1) is 4.77. The molecular formula is C6H18NO3P. The molecule has 5 heteroatoms. The average Bonchev–Trinajstić information content (AvgIpc) is 1.58. The summed E-state index contributed by atoms with van der Waals surface area (Å²) in [6, 6.07) is 0. The van der Waals surface area contributed by atoms with Crippen LogP contribution < -0.4 is 5.73 Å². The number of hydrogen-bond donors (Lipinski definition) is 3. The smallest absolute Gasteiger partial charge is 0.327 e. The fourth-order valence-corrected chi connectivity index (χ4v) is 0.346. The standard InChI is InChI=1S/C4H11N.C2H7O3P/c1-4(2,3)5;1-2-5-6(3)4/h5H2,1-3H3;3-4H,2H2,1H3. The highest BCUT2D eigenvalue weighted by Crippen LogP contribution is 2.22. The second kappa shape index (κ2) is 6.95. The lowest BCUT2D eigenvalue weighted by molar-refractivity contribution is 0.269. The number of hydrogen-bond acceptors (Lipinski definition) is 4. The molecule has 70 valence electrons. The van der Waals surface area contributed by atoms with E-state index in [-0.39, 0.29) is 5.54 Å². The minimum absolute atomic E-state index is 0. The molecule has 0 aliphatic rings. The minimum Gasteiger partial charge on any atom is -0.328 e. The molecule has 0 aliphatic carbocycles. The molecule has 0 unspecified atom stereocenters. The maximum atomic E-state index is 7.95. The van der Waals surface area contributed by atoms with Crippen LogP contribution in [0.1, 0.15) is 27.7 Å². The monoisotopic (exact) mass is 183 g/mol. The van der Waals surface area contributed by atoms with Gasteiger partial charge in [0, 0.05) is 5.54 Å². The van der Waals surface area contributed by atoms with Crippen LogP contribution in [-0.4, -0.2) is 21.9 Å². The third kappa shape index (κ3) is 65.7. The molecule has 0 atom stereocenters. The lowest BCUT2D eigenvalue weighted by atomic mass is 10.1. The van der Waals surface area contributed by atoms with Gasteiger partial charge in [-0.2, -0.15) is 0 Å². The van der Waals surface area contributed by atoms with Crippen molar-refractivity contribution in [2.45, 2.75) is 33.2 Å². The van der Waals surface area contributed by atoms with Crippen molar-refractivity contribution >= 4 is 8.60 Å². The van der Waals surface area contributed by atoms with Crippen molar-refractivity contribution in [3.63, 3.8) is 0 Å². The zero-order valence-electron chi connectivity index (χ0n) is 7.53. The highest BCUT2D eigenvalue weighted by atomic mass is 31.2. The lowest BCUT2D eigenvalue weighted by Gasteiger charge is -2.06. The van der Waals surface area contributed by atoms with Crippen LogP contribution in [0.15, 0.2) is 0 Å². The summed E-state index contributed by atoms with van der Waals surface area (Å²) in [7, 11) is -2.10. The van der Waals surface area contributed by atoms with E-state index >= 15 is 0 Å². The van der Waals surface area contributed by atoms with Gasteiger partial charge in [0.05, 0.1) is 6.61 Å². The van der Waals surface area contributed by atoms with E-state index in [1.165, 1.54) is 0 Å². The second-order valence-corrected chi connectivity index (χ2v) is 3.80. The maximum Gasteiger partial charge on any atom is 0.327 e. The summed E-state index contributed by atoms with van der Waals surface area (Å²) >= 11 is 0. The van der Waals surface area contributed by atoms with E-state index in [4.69, 9.17) is 15.5 Å². The molecule has 0 bridgehead atoms. The van der Waals surface area contributed by atoms with Crippen molar-refractivity contribution in [3.05, 3.63) is 0 Å². The van der Waals surface area contributed by atoms with E-state index in [2.05, 4.69) is 4.52 Å². The van der Waals surface area contributed by atoms with Crippen LogP contribution in [0.4, 0.5) is 0 Å². The largest absolute Gasteiger partial charge is 0.328 e. The van der Waals surface area contributed by atoms with Crippen molar-refractivity contribution in [2.75, 3.05) is 6.61 Å². The van der Waals surface area contributed by atoms with Gasteiger partial charge >= 0.3 is 8.60 Å². The van der Waals surface area contributed by atoms with Crippen LogP contribution in [0.25, 0.3) is 0 Å². The third-order valence-corrected chi connectivity index (χ3v) is 0.734. The van der Waals surface area contributed by atoms with E-state index in [0.717, 1.165) is 0 Å². The van der Waals surface area contributed by atoms with E-state index in [9.17, 15) is 0 Å².